The highest BCUT2D eigenvalue weighted by molar-refractivity contribution is 5.27. The van der Waals surface area contributed by atoms with Crippen molar-refractivity contribution in [3.8, 4) is 5.75 Å². The second kappa shape index (κ2) is 5.07. The van der Waals surface area contributed by atoms with Gasteiger partial charge in [0.25, 0.3) is 0 Å². The fourth-order valence-electron chi connectivity index (χ4n) is 1.31. The molecule has 2 rings (SSSR count). The lowest BCUT2D eigenvalue weighted by Crippen LogP contribution is -1.96. The van der Waals surface area contributed by atoms with Gasteiger partial charge in [-0.1, -0.05) is 30.3 Å². The summed E-state index contributed by atoms with van der Waals surface area (Å²) in [6.07, 6.45) is 1.35. The molecule has 1 aromatic heterocycles. The zero-order chi connectivity index (χ0) is 12.1. The van der Waals surface area contributed by atoms with Crippen molar-refractivity contribution in [2.45, 2.75) is 6.61 Å². The molecular weight excluding hydrogens is 220 g/mol. The Kier molecular flexibility index (Phi) is 3.30. The first-order valence-corrected chi connectivity index (χ1v) is 5.03. The predicted molar refractivity (Wildman–Crippen MR) is 61.7 cm³/mol. The van der Waals surface area contributed by atoms with Crippen molar-refractivity contribution in [2.24, 2.45) is 0 Å². The molecule has 5 heteroatoms. The first kappa shape index (κ1) is 11.1. The average Bonchev–Trinajstić information content (AvgIpc) is 2.38. The summed E-state index contributed by atoms with van der Waals surface area (Å²) >= 11 is 0. The van der Waals surface area contributed by atoms with E-state index in [4.69, 9.17) is 4.74 Å². The second-order valence-electron chi connectivity index (χ2n) is 3.38. The number of hydrogen-bond donors (Lipinski definition) is 0. The second-order valence-corrected chi connectivity index (χ2v) is 3.38. The van der Waals surface area contributed by atoms with Crippen LogP contribution in [0.15, 0.2) is 48.7 Å². The number of benzene rings is 1. The van der Waals surface area contributed by atoms with E-state index in [-0.39, 0.29) is 5.82 Å². The highest BCUT2D eigenvalue weighted by atomic mass is 16.6. The van der Waals surface area contributed by atoms with Crippen LogP contribution in [0, 0.1) is 10.1 Å². The summed E-state index contributed by atoms with van der Waals surface area (Å²) in [5.74, 6) is 0.330. The van der Waals surface area contributed by atoms with Gasteiger partial charge in [0.05, 0.1) is 0 Å². The van der Waals surface area contributed by atoms with Crippen LogP contribution in [0.2, 0.25) is 0 Å². The Bertz CT molecular complexity index is 497. The molecule has 0 aliphatic rings. The van der Waals surface area contributed by atoms with Gasteiger partial charge in [0.1, 0.15) is 6.61 Å². The number of ether oxygens (including phenoxy) is 1. The average molecular weight is 230 g/mol. The fraction of sp³-hybridized carbons (Fsp3) is 0.0833. The molecule has 0 unspecified atom stereocenters. The highest BCUT2D eigenvalue weighted by Gasteiger charge is 2.06. The minimum atomic E-state index is -0.541. The van der Waals surface area contributed by atoms with Gasteiger partial charge in [-0.25, -0.2) is 0 Å². The molecule has 0 bridgehead atoms. The van der Waals surface area contributed by atoms with Crippen LogP contribution in [0.5, 0.6) is 5.75 Å². The molecule has 0 N–H and O–H groups in total. The van der Waals surface area contributed by atoms with Gasteiger partial charge in [-0.2, -0.15) is 0 Å². The summed E-state index contributed by atoms with van der Waals surface area (Å²) in [5, 5.41) is 10.4. The van der Waals surface area contributed by atoms with Gasteiger partial charge in [-0.05, 0) is 21.5 Å². The van der Waals surface area contributed by atoms with Crippen LogP contribution in [-0.2, 0) is 6.61 Å². The molecule has 1 heterocycles. The van der Waals surface area contributed by atoms with Crippen LogP contribution in [0.4, 0.5) is 5.82 Å². The third kappa shape index (κ3) is 3.01. The van der Waals surface area contributed by atoms with E-state index < -0.39 is 4.92 Å². The monoisotopic (exact) mass is 230 g/mol. The number of rotatable bonds is 4. The molecule has 0 aliphatic carbocycles. The zero-order valence-electron chi connectivity index (χ0n) is 8.95. The Morgan fingerprint density at radius 3 is 2.53 bits per heavy atom. The first-order valence-electron chi connectivity index (χ1n) is 5.03. The Morgan fingerprint density at radius 2 is 1.94 bits per heavy atom. The third-order valence-electron chi connectivity index (χ3n) is 2.16. The van der Waals surface area contributed by atoms with Crippen molar-refractivity contribution in [1.29, 1.82) is 0 Å². The summed E-state index contributed by atoms with van der Waals surface area (Å²) in [6, 6.07) is 12.5. The molecule has 1 aromatic carbocycles. The molecule has 2 aromatic rings. The van der Waals surface area contributed by atoms with E-state index in [9.17, 15) is 10.1 Å². The molecule has 5 nitrogen and oxygen atoms in total. The van der Waals surface area contributed by atoms with Gasteiger partial charge in [0.2, 0.25) is 0 Å². The Labute approximate surface area is 97.8 Å². The molecule has 0 fully saturated rings. The van der Waals surface area contributed by atoms with Crippen LogP contribution < -0.4 is 4.74 Å². The third-order valence-corrected chi connectivity index (χ3v) is 2.16. The smallest absolute Gasteiger partial charge is 0.363 e. The maximum atomic E-state index is 10.4. The molecule has 0 saturated heterocycles. The molecule has 0 amide bonds. The molecule has 0 atom stereocenters. The van der Waals surface area contributed by atoms with Crippen LogP contribution in [0.1, 0.15) is 5.56 Å². The van der Waals surface area contributed by atoms with Crippen molar-refractivity contribution >= 4 is 5.82 Å². The van der Waals surface area contributed by atoms with Gasteiger partial charge in [-0.15, -0.1) is 0 Å². The van der Waals surface area contributed by atoms with Crippen LogP contribution in [0.3, 0.4) is 0 Å². The maximum Gasteiger partial charge on any atom is 0.363 e. The fourth-order valence-corrected chi connectivity index (χ4v) is 1.31. The van der Waals surface area contributed by atoms with E-state index in [0.717, 1.165) is 5.56 Å². The van der Waals surface area contributed by atoms with E-state index in [1.54, 1.807) is 0 Å². The largest absolute Gasteiger partial charge is 0.485 e. The number of aromatic nitrogens is 1. The first-order chi connectivity index (χ1) is 8.25. The molecule has 0 aliphatic heterocycles. The topological polar surface area (TPSA) is 65.3 Å². The number of nitrogens with zero attached hydrogens (tertiary/aromatic N) is 2. The quantitative estimate of drug-likeness (QED) is 0.598. The van der Waals surface area contributed by atoms with Gasteiger partial charge in [-0.3, -0.25) is 0 Å². The summed E-state index contributed by atoms with van der Waals surface area (Å²) in [5.41, 5.74) is 1.03. The summed E-state index contributed by atoms with van der Waals surface area (Å²) in [6.45, 7) is 0.417. The highest BCUT2D eigenvalue weighted by Crippen LogP contribution is 2.15. The normalized spacial score (nSPS) is 9.88. The summed E-state index contributed by atoms with van der Waals surface area (Å²) < 4.78 is 5.44. The molecule has 86 valence electrons. The zero-order valence-corrected chi connectivity index (χ0v) is 8.95. The maximum absolute atomic E-state index is 10.4. The summed E-state index contributed by atoms with van der Waals surface area (Å²) in [7, 11) is 0. The van der Waals surface area contributed by atoms with Crippen LogP contribution >= 0.6 is 0 Å². The lowest BCUT2D eigenvalue weighted by Gasteiger charge is -2.03. The van der Waals surface area contributed by atoms with Gasteiger partial charge in [0.15, 0.2) is 11.9 Å². The molecule has 17 heavy (non-hydrogen) atoms. The molecule has 0 saturated carbocycles. The Morgan fingerprint density at radius 1 is 1.18 bits per heavy atom. The predicted octanol–water partition coefficient (Wildman–Crippen LogP) is 2.57. The molecule has 0 radical (unpaired) electrons. The van der Waals surface area contributed by atoms with E-state index >= 15 is 0 Å². The van der Waals surface area contributed by atoms with Crippen LogP contribution in [0.25, 0.3) is 0 Å². The standard InChI is InChI=1S/C12H10N2O3/c15-14(16)12-7-6-11(8-13-12)17-9-10-4-2-1-3-5-10/h1-8H,9H2. The van der Waals surface area contributed by atoms with Crippen molar-refractivity contribution < 1.29 is 9.66 Å². The minimum absolute atomic E-state index is 0.183. The Hall–Kier alpha value is -2.43. The molecule has 0 spiro atoms. The van der Waals surface area contributed by atoms with Gasteiger partial charge < -0.3 is 14.9 Å². The van der Waals surface area contributed by atoms with Crippen molar-refractivity contribution in [3.63, 3.8) is 0 Å². The van der Waals surface area contributed by atoms with E-state index in [1.165, 1.54) is 18.3 Å². The van der Waals surface area contributed by atoms with E-state index in [0.29, 0.717) is 12.4 Å². The van der Waals surface area contributed by atoms with Crippen molar-refractivity contribution in [2.75, 3.05) is 0 Å². The number of hydrogen-bond acceptors (Lipinski definition) is 4. The lowest BCUT2D eigenvalue weighted by atomic mass is 10.2. The number of pyridine rings is 1. The van der Waals surface area contributed by atoms with Crippen LogP contribution in [-0.4, -0.2) is 9.91 Å². The lowest BCUT2D eigenvalue weighted by molar-refractivity contribution is -0.389. The summed E-state index contributed by atoms with van der Waals surface area (Å²) in [4.78, 5) is 13.5. The van der Waals surface area contributed by atoms with Gasteiger partial charge >= 0.3 is 5.82 Å². The van der Waals surface area contributed by atoms with Crippen molar-refractivity contribution in [1.82, 2.24) is 4.98 Å². The van der Waals surface area contributed by atoms with E-state index in [2.05, 4.69) is 4.98 Å². The van der Waals surface area contributed by atoms with Crippen molar-refractivity contribution in [3.05, 3.63) is 64.3 Å². The minimum Gasteiger partial charge on any atom is -0.485 e. The SMILES string of the molecule is O=[N+]([O-])c1ccc(OCc2ccccc2)cn1. The molecular formula is C12H10N2O3. The van der Waals surface area contributed by atoms with E-state index in [1.807, 2.05) is 30.3 Å². The number of nitro groups is 1. The van der Waals surface area contributed by atoms with Gasteiger partial charge in [0, 0.05) is 6.07 Å². The Balaban J connectivity index is 1.98.